The summed E-state index contributed by atoms with van der Waals surface area (Å²) in [6, 6.07) is 5.44. The van der Waals surface area contributed by atoms with E-state index in [1.165, 1.54) is 0 Å². The van der Waals surface area contributed by atoms with Gasteiger partial charge in [-0.25, -0.2) is 9.97 Å². The van der Waals surface area contributed by atoms with Crippen LogP contribution >= 0.6 is 0 Å². The lowest BCUT2D eigenvalue weighted by molar-refractivity contribution is 0.768. The quantitative estimate of drug-likeness (QED) is 0.747. The standard InChI is InChI=1S/C13H12N6/c1-19-8-10(7-16-19)11-6-12(14)18-13(17-11)9-2-4-15-5-3-9/h2-8H,1H3,(H2,14,17,18). The van der Waals surface area contributed by atoms with E-state index in [2.05, 4.69) is 20.1 Å². The Labute approximate surface area is 110 Å². The maximum atomic E-state index is 5.85. The van der Waals surface area contributed by atoms with Crippen molar-refractivity contribution >= 4 is 5.82 Å². The van der Waals surface area contributed by atoms with E-state index >= 15 is 0 Å². The number of nitrogens with zero attached hydrogens (tertiary/aromatic N) is 5. The molecule has 0 unspecified atom stereocenters. The average Bonchev–Trinajstić information content (AvgIpc) is 2.86. The highest BCUT2D eigenvalue weighted by molar-refractivity contribution is 5.65. The zero-order valence-electron chi connectivity index (χ0n) is 10.4. The Balaban J connectivity index is 2.11. The number of nitrogen functional groups attached to an aromatic ring is 1. The van der Waals surface area contributed by atoms with Crippen molar-refractivity contribution in [3.05, 3.63) is 43.0 Å². The molecular formula is C13H12N6. The van der Waals surface area contributed by atoms with Gasteiger partial charge in [0.2, 0.25) is 0 Å². The second kappa shape index (κ2) is 4.49. The zero-order valence-corrected chi connectivity index (χ0v) is 10.4. The number of anilines is 1. The van der Waals surface area contributed by atoms with Crippen LogP contribution in [0, 0.1) is 0 Å². The molecule has 3 heterocycles. The molecule has 0 radical (unpaired) electrons. The molecule has 0 amide bonds. The minimum atomic E-state index is 0.431. The van der Waals surface area contributed by atoms with Crippen LogP contribution in [0.1, 0.15) is 0 Å². The van der Waals surface area contributed by atoms with E-state index in [1.807, 2.05) is 25.4 Å². The lowest BCUT2D eigenvalue weighted by atomic mass is 10.2. The van der Waals surface area contributed by atoms with Gasteiger partial charge in [-0.05, 0) is 12.1 Å². The molecule has 0 fully saturated rings. The smallest absolute Gasteiger partial charge is 0.162 e. The van der Waals surface area contributed by atoms with Crippen molar-refractivity contribution in [3.63, 3.8) is 0 Å². The van der Waals surface area contributed by atoms with E-state index in [0.29, 0.717) is 11.6 Å². The Hall–Kier alpha value is -2.76. The molecule has 6 heteroatoms. The maximum absolute atomic E-state index is 5.85. The second-order valence-electron chi connectivity index (χ2n) is 4.14. The molecule has 0 atom stereocenters. The lowest BCUT2D eigenvalue weighted by Crippen LogP contribution is -1.97. The van der Waals surface area contributed by atoms with Crippen molar-refractivity contribution in [2.75, 3.05) is 5.73 Å². The molecule has 0 aliphatic rings. The van der Waals surface area contributed by atoms with Gasteiger partial charge in [-0.2, -0.15) is 5.10 Å². The fourth-order valence-electron chi connectivity index (χ4n) is 1.80. The zero-order chi connectivity index (χ0) is 13.2. The first kappa shape index (κ1) is 11.3. The Kier molecular flexibility index (Phi) is 2.68. The van der Waals surface area contributed by atoms with Crippen molar-refractivity contribution in [3.8, 4) is 22.6 Å². The summed E-state index contributed by atoms with van der Waals surface area (Å²) >= 11 is 0. The molecule has 3 rings (SSSR count). The number of aryl methyl sites for hydroxylation is 1. The van der Waals surface area contributed by atoms with E-state index in [9.17, 15) is 0 Å². The third kappa shape index (κ3) is 2.28. The first-order valence-corrected chi connectivity index (χ1v) is 5.76. The van der Waals surface area contributed by atoms with Crippen LogP contribution in [0.15, 0.2) is 43.0 Å². The molecule has 3 aromatic rings. The first-order chi connectivity index (χ1) is 9.22. The van der Waals surface area contributed by atoms with Gasteiger partial charge in [0, 0.05) is 42.8 Å². The molecule has 0 bridgehead atoms. The Morgan fingerprint density at radius 1 is 1.11 bits per heavy atom. The van der Waals surface area contributed by atoms with E-state index in [1.54, 1.807) is 29.3 Å². The maximum Gasteiger partial charge on any atom is 0.162 e. The van der Waals surface area contributed by atoms with Crippen LogP contribution in [0.2, 0.25) is 0 Å². The van der Waals surface area contributed by atoms with Crippen molar-refractivity contribution in [2.45, 2.75) is 0 Å². The normalized spacial score (nSPS) is 10.6. The fraction of sp³-hybridized carbons (Fsp3) is 0.0769. The van der Waals surface area contributed by atoms with Gasteiger partial charge in [0.15, 0.2) is 5.82 Å². The highest BCUT2D eigenvalue weighted by atomic mass is 15.2. The molecule has 0 saturated carbocycles. The van der Waals surface area contributed by atoms with Crippen molar-refractivity contribution < 1.29 is 0 Å². The van der Waals surface area contributed by atoms with Crippen LogP contribution in [-0.2, 0) is 7.05 Å². The summed E-state index contributed by atoms with van der Waals surface area (Å²) in [4.78, 5) is 12.7. The van der Waals surface area contributed by atoms with Gasteiger partial charge < -0.3 is 5.73 Å². The van der Waals surface area contributed by atoms with Crippen LogP contribution in [0.4, 0.5) is 5.82 Å². The number of hydrogen-bond acceptors (Lipinski definition) is 5. The molecule has 0 aromatic carbocycles. The summed E-state index contributed by atoms with van der Waals surface area (Å²) in [7, 11) is 1.86. The molecule has 0 aliphatic heterocycles. The van der Waals surface area contributed by atoms with Crippen molar-refractivity contribution in [1.82, 2.24) is 24.7 Å². The van der Waals surface area contributed by atoms with Gasteiger partial charge in [-0.3, -0.25) is 9.67 Å². The van der Waals surface area contributed by atoms with Crippen molar-refractivity contribution in [2.24, 2.45) is 7.05 Å². The number of nitrogens with two attached hydrogens (primary N) is 1. The van der Waals surface area contributed by atoms with Gasteiger partial charge in [-0.1, -0.05) is 0 Å². The van der Waals surface area contributed by atoms with Gasteiger partial charge in [0.25, 0.3) is 0 Å². The van der Waals surface area contributed by atoms with Crippen LogP contribution in [-0.4, -0.2) is 24.7 Å². The lowest BCUT2D eigenvalue weighted by Gasteiger charge is -2.04. The Morgan fingerprint density at radius 2 is 1.89 bits per heavy atom. The Morgan fingerprint density at radius 3 is 2.58 bits per heavy atom. The number of pyridine rings is 1. The predicted molar refractivity (Wildman–Crippen MR) is 71.9 cm³/mol. The summed E-state index contributed by atoms with van der Waals surface area (Å²) in [6.07, 6.45) is 7.04. The number of rotatable bonds is 2. The van der Waals surface area contributed by atoms with E-state index in [4.69, 9.17) is 5.73 Å². The van der Waals surface area contributed by atoms with Gasteiger partial charge in [0.05, 0.1) is 11.9 Å². The minimum Gasteiger partial charge on any atom is -0.384 e. The van der Waals surface area contributed by atoms with Crippen molar-refractivity contribution in [1.29, 1.82) is 0 Å². The third-order valence-corrected chi connectivity index (χ3v) is 2.69. The average molecular weight is 252 g/mol. The molecule has 0 aliphatic carbocycles. The highest BCUT2D eigenvalue weighted by Crippen LogP contribution is 2.22. The van der Waals surface area contributed by atoms with E-state index in [0.717, 1.165) is 16.8 Å². The van der Waals surface area contributed by atoms with Crippen LogP contribution in [0.25, 0.3) is 22.6 Å². The highest BCUT2D eigenvalue weighted by Gasteiger charge is 2.08. The topological polar surface area (TPSA) is 82.5 Å². The molecule has 0 spiro atoms. The van der Waals surface area contributed by atoms with Crippen LogP contribution in [0.3, 0.4) is 0 Å². The van der Waals surface area contributed by atoms with Gasteiger partial charge in [0.1, 0.15) is 5.82 Å². The molecule has 2 N–H and O–H groups in total. The third-order valence-electron chi connectivity index (χ3n) is 2.69. The minimum absolute atomic E-state index is 0.431. The van der Waals surface area contributed by atoms with Gasteiger partial charge >= 0.3 is 0 Å². The van der Waals surface area contributed by atoms with Crippen LogP contribution in [0.5, 0.6) is 0 Å². The Bertz CT molecular complexity index is 704. The summed E-state index contributed by atoms with van der Waals surface area (Å²) in [6.45, 7) is 0. The molecule has 3 aromatic heterocycles. The van der Waals surface area contributed by atoms with E-state index in [-0.39, 0.29) is 0 Å². The summed E-state index contributed by atoms with van der Waals surface area (Å²) in [5.41, 5.74) is 8.39. The first-order valence-electron chi connectivity index (χ1n) is 5.76. The SMILES string of the molecule is Cn1cc(-c2cc(N)nc(-c3ccncc3)n2)cn1. The largest absolute Gasteiger partial charge is 0.384 e. The van der Waals surface area contributed by atoms with E-state index < -0.39 is 0 Å². The molecule has 19 heavy (non-hydrogen) atoms. The number of hydrogen-bond donors (Lipinski definition) is 1. The second-order valence-corrected chi connectivity index (χ2v) is 4.14. The monoisotopic (exact) mass is 252 g/mol. The summed E-state index contributed by atoms with van der Waals surface area (Å²) in [5.74, 6) is 1.02. The van der Waals surface area contributed by atoms with Gasteiger partial charge in [-0.15, -0.1) is 0 Å². The summed E-state index contributed by atoms with van der Waals surface area (Å²) in [5, 5.41) is 4.13. The fourth-order valence-corrected chi connectivity index (χ4v) is 1.80. The molecule has 94 valence electrons. The summed E-state index contributed by atoms with van der Waals surface area (Å²) < 4.78 is 1.72. The molecule has 6 nitrogen and oxygen atoms in total. The number of aromatic nitrogens is 5. The predicted octanol–water partition coefficient (Wildman–Crippen LogP) is 1.52. The van der Waals surface area contributed by atoms with Crippen LogP contribution < -0.4 is 5.73 Å². The molecule has 0 saturated heterocycles. The molecular weight excluding hydrogens is 240 g/mol.